The van der Waals surface area contributed by atoms with Crippen molar-refractivity contribution in [2.24, 2.45) is 11.7 Å². The van der Waals surface area contributed by atoms with Gasteiger partial charge in [0.2, 0.25) is 5.91 Å². The fraction of sp³-hybridized carbons (Fsp3) is 0.467. The van der Waals surface area contributed by atoms with Crippen LogP contribution >= 0.6 is 12.4 Å². The summed E-state index contributed by atoms with van der Waals surface area (Å²) in [7, 11) is 0. The summed E-state index contributed by atoms with van der Waals surface area (Å²) in [6.07, 6.45) is 0. The molecule has 2 amide bonds. The van der Waals surface area contributed by atoms with E-state index in [1.807, 2.05) is 0 Å². The van der Waals surface area contributed by atoms with Crippen LogP contribution in [0.25, 0.3) is 0 Å². The molecule has 0 spiro atoms. The zero-order valence-corrected chi connectivity index (χ0v) is 13.6. The van der Waals surface area contributed by atoms with Gasteiger partial charge in [0.05, 0.1) is 5.56 Å². The fourth-order valence-electron chi connectivity index (χ4n) is 2.38. The van der Waals surface area contributed by atoms with Gasteiger partial charge in [0, 0.05) is 44.7 Å². The van der Waals surface area contributed by atoms with Gasteiger partial charge >= 0.3 is 0 Å². The number of halogens is 3. The Labute approximate surface area is 139 Å². The summed E-state index contributed by atoms with van der Waals surface area (Å²) in [6, 6.07) is 2.88. The Bertz CT molecular complexity index is 578. The molecule has 5 nitrogen and oxygen atoms in total. The minimum Gasteiger partial charge on any atom is -0.339 e. The maximum atomic E-state index is 13.6. The van der Waals surface area contributed by atoms with Crippen LogP contribution in [0.4, 0.5) is 8.78 Å². The van der Waals surface area contributed by atoms with Crippen LogP contribution in [0.5, 0.6) is 0 Å². The second-order valence-corrected chi connectivity index (χ2v) is 5.38. The van der Waals surface area contributed by atoms with Gasteiger partial charge < -0.3 is 15.5 Å². The highest BCUT2D eigenvalue weighted by Crippen LogP contribution is 2.14. The minimum absolute atomic E-state index is 0. The highest BCUT2D eigenvalue weighted by molar-refractivity contribution is 5.94. The fourth-order valence-corrected chi connectivity index (χ4v) is 2.38. The predicted octanol–water partition coefficient (Wildman–Crippen LogP) is 1.27. The number of nitrogens with zero attached hydrogens (tertiary/aromatic N) is 2. The van der Waals surface area contributed by atoms with Gasteiger partial charge in [-0.1, -0.05) is 6.92 Å². The van der Waals surface area contributed by atoms with Crippen LogP contribution in [-0.2, 0) is 4.79 Å². The molecule has 0 saturated carbocycles. The molecular formula is C15H20ClF2N3O2. The largest absolute Gasteiger partial charge is 0.339 e. The van der Waals surface area contributed by atoms with E-state index >= 15 is 0 Å². The average Bonchev–Trinajstić information content (AvgIpc) is 2.53. The van der Waals surface area contributed by atoms with Crippen LogP contribution in [0.2, 0.25) is 0 Å². The third-order valence-electron chi connectivity index (χ3n) is 3.82. The molecule has 1 aromatic rings. The Kier molecular flexibility index (Phi) is 6.90. The zero-order valence-electron chi connectivity index (χ0n) is 12.8. The van der Waals surface area contributed by atoms with Crippen LogP contribution in [0, 0.1) is 17.6 Å². The second kappa shape index (κ2) is 8.21. The Morgan fingerprint density at radius 2 is 1.74 bits per heavy atom. The maximum Gasteiger partial charge on any atom is 0.256 e. The van der Waals surface area contributed by atoms with Crippen molar-refractivity contribution in [3.63, 3.8) is 0 Å². The van der Waals surface area contributed by atoms with Crippen LogP contribution in [0.15, 0.2) is 18.2 Å². The minimum atomic E-state index is -0.875. The molecule has 1 atom stereocenters. The SMILES string of the molecule is CC(CN)C(=O)N1CCN(C(=O)c2ccc(F)cc2F)CC1.Cl. The van der Waals surface area contributed by atoms with Crippen molar-refractivity contribution in [2.45, 2.75) is 6.92 Å². The molecule has 1 saturated heterocycles. The molecule has 1 aliphatic heterocycles. The number of hydrogen-bond donors (Lipinski definition) is 1. The third kappa shape index (κ3) is 4.39. The number of nitrogens with two attached hydrogens (primary N) is 1. The molecule has 0 aromatic heterocycles. The Hall–Kier alpha value is -1.73. The van der Waals surface area contributed by atoms with Gasteiger partial charge in [0.25, 0.3) is 5.91 Å². The van der Waals surface area contributed by atoms with E-state index in [9.17, 15) is 18.4 Å². The molecule has 1 aliphatic rings. The first kappa shape index (κ1) is 19.3. The lowest BCUT2D eigenvalue weighted by Crippen LogP contribution is -2.52. The molecule has 2 N–H and O–H groups in total. The smallest absolute Gasteiger partial charge is 0.256 e. The van der Waals surface area contributed by atoms with Crippen molar-refractivity contribution >= 4 is 24.2 Å². The lowest BCUT2D eigenvalue weighted by atomic mass is 10.1. The lowest BCUT2D eigenvalue weighted by Gasteiger charge is -2.36. The van der Waals surface area contributed by atoms with Gasteiger partial charge in [-0.05, 0) is 12.1 Å². The number of amides is 2. The van der Waals surface area contributed by atoms with Crippen LogP contribution in [0.3, 0.4) is 0 Å². The molecule has 1 unspecified atom stereocenters. The van der Waals surface area contributed by atoms with Gasteiger partial charge in [0.1, 0.15) is 11.6 Å². The van der Waals surface area contributed by atoms with Gasteiger partial charge in [0.15, 0.2) is 0 Å². The second-order valence-electron chi connectivity index (χ2n) is 5.38. The van der Waals surface area contributed by atoms with E-state index in [4.69, 9.17) is 5.73 Å². The topological polar surface area (TPSA) is 66.6 Å². The van der Waals surface area contributed by atoms with Crippen LogP contribution in [-0.4, -0.2) is 54.3 Å². The number of carbonyl (C=O) groups is 2. The van der Waals surface area contributed by atoms with Gasteiger partial charge in [-0.2, -0.15) is 0 Å². The lowest BCUT2D eigenvalue weighted by molar-refractivity contribution is -0.136. The average molecular weight is 348 g/mol. The molecule has 0 aliphatic carbocycles. The monoisotopic (exact) mass is 347 g/mol. The molecule has 1 fully saturated rings. The summed E-state index contributed by atoms with van der Waals surface area (Å²) in [6.45, 7) is 3.44. The van der Waals surface area contributed by atoms with Crippen molar-refractivity contribution in [3.05, 3.63) is 35.4 Å². The third-order valence-corrected chi connectivity index (χ3v) is 3.82. The Morgan fingerprint density at radius 1 is 1.17 bits per heavy atom. The number of carbonyl (C=O) groups excluding carboxylic acids is 2. The number of piperazine rings is 1. The van der Waals surface area contributed by atoms with E-state index in [-0.39, 0.29) is 36.3 Å². The van der Waals surface area contributed by atoms with Crippen molar-refractivity contribution in [2.75, 3.05) is 32.7 Å². The van der Waals surface area contributed by atoms with E-state index in [0.717, 1.165) is 12.1 Å². The predicted molar refractivity (Wildman–Crippen MR) is 84.3 cm³/mol. The Balaban J connectivity index is 0.00000264. The van der Waals surface area contributed by atoms with Gasteiger partial charge in [-0.25, -0.2) is 8.78 Å². The summed E-state index contributed by atoms with van der Waals surface area (Å²) in [5, 5.41) is 0. The van der Waals surface area contributed by atoms with Crippen LogP contribution in [0.1, 0.15) is 17.3 Å². The van der Waals surface area contributed by atoms with E-state index in [1.54, 1.807) is 11.8 Å². The van der Waals surface area contributed by atoms with Crippen molar-refractivity contribution in [1.82, 2.24) is 9.80 Å². The first-order chi connectivity index (χ1) is 10.4. The van der Waals surface area contributed by atoms with E-state index in [0.29, 0.717) is 32.2 Å². The zero-order chi connectivity index (χ0) is 16.3. The number of hydrogen-bond acceptors (Lipinski definition) is 3. The van der Waals surface area contributed by atoms with Crippen LogP contribution < -0.4 is 5.73 Å². The maximum absolute atomic E-state index is 13.6. The Morgan fingerprint density at radius 3 is 2.26 bits per heavy atom. The van der Waals surface area contributed by atoms with Crippen molar-refractivity contribution < 1.29 is 18.4 Å². The summed E-state index contributed by atoms with van der Waals surface area (Å²) in [4.78, 5) is 27.4. The molecule has 0 radical (unpaired) electrons. The molecule has 23 heavy (non-hydrogen) atoms. The van der Waals surface area contributed by atoms with Crippen molar-refractivity contribution in [1.29, 1.82) is 0 Å². The quantitative estimate of drug-likeness (QED) is 0.895. The van der Waals surface area contributed by atoms with Crippen molar-refractivity contribution in [3.8, 4) is 0 Å². The summed E-state index contributed by atoms with van der Waals surface area (Å²) >= 11 is 0. The van der Waals surface area contributed by atoms with E-state index in [2.05, 4.69) is 0 Å². The highest BCUT2D eigenvalue weighted by Gasteiger charge is 2.27. The first-order valence-electron chi connectivity index (χ1n) is 7.17. The number of rotatable bonds is 3. The first-order valence-corrected chi connectivity index (χ1v) is 7.17. The molecule has 128 valence electrons. The molecule has 0 bridgehead atoms. The van der Waals surface area contributed by atoms with E-state index < -0.39 is 17.5 Å². The summed E-state index contributed by atoms with van der Waals surface area (Å²) in [5.74, 6) is -2.38. The van der Waals surface area contributed by atoms with Gasteiger partial charge in [-0.3, -0.25) is 9.59 Å². The summed E-state index contributed by atoms with van der Waals surface area (Å²) in [5.41, 5.74) is 5.32. The highest BCUT2D eigenvalue weighted by atomic mass is 35.5. The standard InChI is InChI=1S/C15H19F2N3O2.ClH/c1-10(9-18)14(21)19-4-6-20(7-5-19)15(22)12-3-2-11(16)8-13(12)17;/h2-3,8,10H,4-7,9,18H2,1H3;1H. The normalized spacial score (nSPS) is 15.8. The van der Waals surface area contributed by atoms with Gasteiger partial charge in [-0.15, -0.1) is 12.4 Å². The summed E-state index contributed by atoms with van der Waals surface area (Å²) < 4.78 is 26.5. The molecule has 1 heterocycles. The molecular weight excluding hydrogens is 328 g/mol. The molecule has 8 heteroatoms. The molecule has 2 rings (SSSR count). The van der Waals surface area contributed by atoms with E-state index in [1.165, 1.54) is 4.90 Å². The molecule has 1 aromatic carbocycles. The number of benzene rings is 1.